The van der Waals surface area contributed by atoms with Crippen molar-refractivity contribution in [2.75, 3.05) is 6.54 Å². The molecule has 0 amide bonds. The van der Waals surface area contributed by atoms with Crippen LogP contribution in [0.5, 0.6) is 0 Å². The van der Waals surface area contributed by atoms with E-state index in [1.165, 1.54) is 16.3 Å². The number of hydrogen-bond donors (Lipinski definition) is 1. The van der Waals surface area contributed by atoms with Gasteiger partial charge in [0.25, 0.3) is 0 Å². The van der Waals surface area contributed by atoms with Crippen LogP contribution in [0.2, 0.25) is 0 Å². The standard InChI is InChI=1S/C18H21NO/c1-14(19-13-16-9-4-5-12-20-16)17-11-6-8-15-7-2-3-10-18(15)17/h2-3,5-8,10-12,14,16,19H,4,9,13H2,1H3. The number of benzene rings is 2. The average Bonchev–Trinajstić information content (AvgIpc) is 2.53. The Morgan fingerprint density at radius 3 is 2.90 bits per heavy atom. The van der Waals surface area contributed by atoms with Crippen molar-refractivity contribution in [3.8, 4) is 0 Å². The largest absolute Gasteiger partial charge is 0.497 e. The molecule has 2 aromatic carbocycles. The maximum Gasteiger partial charge on any atom is 0.110 e. The number of rotatable bonds is 4. The zero-order valence-electron chi connectivity index (χ0n) is 11.9. The van der Waals surface area contributed by atoms with Crippen molar-refractivity contribution in [1.29, 1.82) is 0 Å². The van der Waals surface area contributed by atoms with Crippen LogP contribution in [-0.4, -0.2) is 12.6 Å². The van der Waals surface area contributed by atoms with Crippen molar-refractivity contribution >= 4 is 10.8 Å². The molecule has 0 saturated carbocycles. The van der Waals surface area contributed by atoms with E-state index in [1.54, 1.807) is 0 Å². The quantitative estimate of drug-likeness (QED) is 0.897. The summed E-state index contributed by atoms with van der Waals surface area (Å²) in [6, 6.07) is 15.4. The number of allylic oxidation sites excluding steroid dienone is 1. The molecule has 2 atom stereocenters. The van der Waals surface area contributed by atoms with Crippen molar-refractivity contribution in [3.63, 3.8) is 0 Å². The summed E-state index contributed by atoms with van der Waals surface area (Å²) in [6.07, 6.45) is 6.45. The third-order valence-corrected chi connectivity index (χ3v) is 3.96. The van der Waals surface area contributed by atoms with Crippen molar-refractivity contribution < 1.29 is 4.74 Å². The third kappa shape index (κ3) is 2.86. The number of nitrogens with one attached hydrogen (secondary N) is 1. The summed E-state index contributed by atoms with van der Waals surface area (Å²) in [5, 5.41) is 6.24. The minimum atomic E-state index is 0.303. The van der Waals surface area contributed by atoms with Gasteiger partial charge in [-0.05, 0) is 42.2 Å². The molecule has 2 nitrogen and oxygen atoms in total. The molecule has 0 spiro atoms. The summed E-state index contributed by atoms with van der Waals surface area (Å²) < 4.78 is 5.61. The molecule has 3 rings (SSSR count). The molecule has 2 unspecified atom stereocenters. The highest BCUT2D eigenvalue weighted by Crippen LogP contribution is 2.24. The Bertz CT molecular complexity index is 600. The summed E-state index contributed by atoms with van der Waals surface area (Å²) in [5.41, 5.74) is 1.36. The molecule has 1 aliphatic rings. The Balaban J connectivity index is 1.72. The fourth-order valence-electron chi connectivity index (χ4n) is 2.78. The third-order valence-electron chi connectivity index (χ3n) is 3.96. The topological polar surface area (TPSA) is 21.3 Å². The van der Waals surface area contributed by atoms with Crippen molar-refractivity contribution in [1.82, 2.24) is 5.32 Å². The predicted molar refractivity (Wildman–Crippen MR) is 83.6 cm³/mol. The molecule has 0 radical (unpaired) electrons. The molecule has 0 fully saturated rings. The van der Waals surface area contributed by atoms with Crippen molar-refractivity contribution in [2.24, 2.45) is 0 Å². The molecular weight excluding hydrogens is 246 g/mol. The Labute approximate surface area is 120 Å². The van der Waals surface area contributed by atoms with Crippen molar-refractivity contribution in [3.05, 3.63) is 60.4 Å². The first-order chi connectivity index (χ1) is 9.84. The maximum absolute atomic E-state index is 5.61. The Morgan fingerprint density at radius 1 is 1.20 bits per heavy atom. The lowest BCUT2D eigenvalue weighted by molar-refractivity contribution is 0.120. The van der Waals surface area contributed by atoms with Gasteiger partial charge in [-0.1, -0.05) is 42.5 Å². The summed E-state index contributed by atoms with van der Waals surface area (Å²) in [6.45, 7) is 3.12. The lowest BCUT2D eigenvalue weighted by Gasteiger charge is -2.23. The highest BCUT2D eigenvalue weighted by Gasteiger charge is 2.14. The second-order valence-corrected chi connectivity index (χ2v) is 5.41. The van der Waals surface area contributed by atoms with E-state index in [-0.39, 0.29) is 0 Å². The lowest BCUT2D eigenvalue weighted by Crippen LogP contribution is -2.31. The zero-order chi connectivity index (χ0) is 13.8. The second-order valence-electron chi connectivity index (χ2n) is 5.41. The normalized spacial score (nSPS) is 19.8. The van der Waals surface area contributed by atoms with Gasteiger partial charge in [-0.25, -0.2) is 0 Å². The first-order valence-corrected chi connectivity index (χ1v) is 7.36. The van der Waals surface area contributed by atoms with Gasteiger partial charge in [0, 0.05) is 12.6 Å². The smallest absolute Gasteiger partial charge is 0.110 e. The average molecular weight is 267 g/mol. The van der Waals surface area contributed by atoms with Crippen LogP contribution in [0.1, 0.15) is 31.4 Å². The molecule has 104 valence electrons. The molecule has 1 N–H and O–H groups in total. The van der Waals surface area contributed by atoms with E-state index in [1.807, 2.05) is 6.26 Å². The number of ether oxygens (including phenoxy) is 1. The highest BCUT2D eigenvalue weighted by atomic mass is 16.5. The van der Waals surface area contributed by atoms with Gasteiger partial charge >= 0.3 is 0 Å². The zero-order valence-corrected chi connectivity index (χ0v) is 11.9. The molecule has 0 bridgehead atoms. The summed E-state index contributed by atoms with van der Waals surface area (Å²) in [5.74, 6) is 0. The Kier molecular flexibility index (Phi) is 4.03. The van der Waals surface area contributed by atoms with Gasteiger partial charge in [-0.3, -0.25) is 0 Å². The molecule has 1 aliphatic heterocycles. The minimum Gasteiger partial charge on any atom is -0.497 e. The van der Waals surface area contributed by atoms with Crippen LogP contribution in [0.15, 0.2) is 54.8 Å². The molecule has 0 saturated heterocycles. The molecule has 20 heavy (non-hydrogen) atoms. The number of hydrogen-bond acceptors (Lipinski definition) is 2. The predicted octanol–water partition coefficient (Wildman–Crippen LogP) is 4.18. The number of fused-ring (bicyclic) bond motifs is 1. The van der Waals surface area contributed by atoms with Gasteiger partial charge in [0.05, 0.1) is 6.26 Å². The SMILES string of the molecule is CC(NCC1CCC=CO1)c1cccc2ccccc12. The van der Waals surface area contributed by atoms with E-state index in [0.717, 1.165) is 19.4 Å². The Hall–Kier alpha value is -1.80. The van der Waals surface area contributed by atoms with Crippen LogP contribution in [-0.2, 0) is 4.74 Å². The summed E-state index contributed by atoms with van der Waals surface area (Å²) in [4.78, 5) is 0. The summed E-state index contributed by atoms with van der Waals surface area (Å²) >= 11 is 0. The fourth-order valence-corrected chi connectivity index (χ4v) is 2.78. The monoisotopic (exact) mass is 267 g/mol. The fraction of sp³-hybridized carbons (Fsp3) is 0.333. The molecule has 1 heterocycles. The van der Waals surface area contributed by atoms with Crippen LogP contribution in [0.3, 0.4) is 0 Å². The van der Waals surface area contributed by atoms with E-state index in [9.17, 15) is 0 Å². The van der Waals surface area contributed by atoms with E-state index >= 15 is 0 Å². The van der Waals surface area contributed by atoms with E-state index in [2.05, 4.69) is 60.8 Å². The van der Waals surface area contributed by atoms with Gasteiger partial charge in [0.15, 0.2) is 0 Å². The lowest BCUT2D eigenvalue weighted by atomic mass is 9.99. The van der Waals surface area contributed by atoms with Crippen LogP contribution < -0.4 is 5.32 Å². The summed E-state index contributed by atoms with van der Waals surface area (Å²) in [7, 11) is 0. The van der Waals surface area contributed by atoms with Crippen LogP contribution >= 0.6 is 0 Å². The van der Waals surface area contributed by atoms with Gasteiger partial charge in [-0.2, -0.15) is 0 Å². The first-order valence-electron chi connectivity index (χ1n) is 7.36. The molecule has 0 aliphatic carbocycles. The van der Waals surface area contributed by atoms with Crippen LogP contribution in [0.4, 0.5) is 0 Å². The van der Waals surface area contributed by atoms with Gasteiger partial charge in [-0.15, -0.1) is 0 Å². The van der Waals surface area contributed by atoms with E-state index in [4.69, 9.17) is 4.74 Å². The minimum absolute atomic E-state index is 0.303. The molecule has 2 aromatic rings. The second kappa shape index (κ2) is 6.10. The maximum atomic E-state index is 5.61. The van der Waals surface area contributed by atoms with E-state index in [0.29, 0.717) is 12.1 Å². The Morgan fingerprint density at radius 2 is 2.05 bits per heavy atom. The van der Waals surface area contributed by atoms with Crippen LogP contribution in [0.25, 0.3) is 10.8 Å². The van der Waals surface area contributed by atoms with Gasteiger partial charge in [0.1, 0.15) is 6.10 Å². The molecular formula is C18H21NO. The molecule has 0 aromatic heterocycles. The van der Waals surface area contributed by atoms with E-state index < -0.39 is 0 Å². The van der Waals surface area contributed by atoms with Crippen molar-refractivity contribution in [2.45, 2.75) is 31.9 Å². The van der Waals surface area contributed by atoms with Crippen LogP contribution in [0, 0.1) is 0 Å². The van der Waals surface area contributed by atoms with Gasteiger partial charge in [0.2, 0.25) is 0 Å². The molecule has 2 heteroatoms. The first kappa shape index (κ1) is 13.2. The van der Waals surface area contributed by atoms with Gasteiger partial charge < -0.3 is 10.1 Å². The highest BCUT2D eigenvalue weighted by molar-refractivity contribution is 5.86.